The van der Waals surface area contributed by atoms with E-state index in [4.69, 9.17) is 0 Å². The molecule has 6 heteroatoms. The summed E-state index contributed by atoms with van der Waals surface area (Å²) in [4.78, 5) is 25.9. The minimum atomic E-state index is -0.00908. The van der Waals surface area contributed by atoms with Crippen LogP contribution in [0.25, 0.3) is 0 Å². The van der Waals surface area contributed by atoms with Crippen LogP contribution < -0.4 is 16.0 Å². The van der Waals surface area contributed by atoms with E-state index >= 15 is 0 Å². The van der Waals surface area contributed by atoms with E-state index in [0.717, 1.165) is 43.9 Å². The second-order valence-corrected chi connectivity index (χ2v) is 6.19. The standard InChI is InChI=1S/C17H26N4O2/c1-21(2)12-9-16(22)19-14-3-5-15(6-4-14)20-17(23)13-7-10-18-11-8-13/h3-6,13,18H,7-12H2,1-2H3,(H,19,22)(H,20,23). The van der Waals surface area contributed by atoms with Gasteiger partial charge in [-0.25, -0.2) is 0 Å². The minimum Gasteiger partial charge on any atom is -0.326 e. The quantitative estimate of drug-likeness (QED) is 0.743. The van der Waals surface area contributed by atoms with Crippen LogP contribution in [0.1, 0.15) is 19.3 Å². The molecule has 1 aromatic rings. The number of carbonyl (C=O) groups is 2. The summed E-state index contributed by atoms with van der Waals surface area (Å²) in [5.74, 6) is 0.154. The highest BCUT2D eigenvalue weighted by Crippen LogP contribution is 2.17. The molecule has 0 saturated carbocycles. The fraction of sp³-hybridized carbons (Fsp3) is 0.529. The lowest BCUT2D eigenvalue weighted by Gasteiger charge is -2.21. The number of nitrogens with one attached hydrogen (secondary N) is 3. The third-order valence-electron chi connectivity index (χ3n) is 3.93. The summed E-state index contributed by atoms with van der Waals surface area (Å²) in [5.41, 5.74) is 1.51. The summed E-state index contributed by atoms with van der Waals surface area (Å²) in [6.45, 7) is 2.52. The minimum absolute atomic E-state index is 0.00908. The lowest BCUT2D eigenvalue weighted by Crippen LogP contribution is -2.34. The van der Waals surface area contributed by atoms with Crippen molar-refractivity contribution < 1.29 is 9.59 Å². The zero-order chi connectivity index (χ0) is 16.7. The van der Waals surface area contributed by atoms with Crippen molar-refractivity contribution in [2.75, 3.05) is 44.4 Å². The molecule has 1 fully saturated rings. The smallest absolute Gasteiger partial charge is 0.227 e. The first-order valence-corrected chi connectivity index (χ1v) is 8.11. The third kappa shape index (κ3) is 6.00. The molecule has 23 heavy (non-hydrogen) atoms. The van der Waals surface area contributed by atoms with Crippen molar-refractivity contribution in [2.45, 2.75) is 19.3 Å². The van der Waals surface area contributed by atoms with Gasteiger partial charge in [0, 0.05) is 30.3 Å². The highest BCUT2D eigenvalue weighted by molar-refractivity contribution is 5.94. The maximum atomic E-state index is 12.2. The maximum Gasteiger partial charge on any atom is 0.227 e. The van der Waals surface area contributed by atoms with Crippen molar-refractivity contribution in [2.24, 2.45) is 5.92 Å². The second kappa shape index (κ2) is 8.64. The topological polar surface area (TPSA) is 73.5 Å². The second-order valence-electron chi connectivity index (χ2n) is 6.19. The van der Waals surface area contributed by atoms with Gasteiger partial charge in [0.15, 0.2) is 0 Å². The molecule has 0 atom stereocenters. The van der Waals surface area contributed by atoms with Crippen LogP contribution in [0.15, 0.2) is 24.3 Å². The number of hydrogen-bond donors (Lipinski definition) is 3. The zero-order valence-corrected chi connectivity index (χ0v) is 13.9. The summed E-state index contributed by atoms with van der Waals surface area (Å²) in [6.07, 6.45) is 2.22. The molecule has 1 aliphatic rings. The van der Waals surface area contributed by atoms with Crippen LogP contribution in [0, 0.1) is 5.92 Å². The van der Waals surface area contributed by atoms with Crippen LogP contribution in [0.4, 0.5) is 11.4 Å². The molecule has 1 aromatic carbocycles. The molecular formula is C17H26N4O2. The van der Waals surface area contributed by atoms with Gasteiger partial charge in [-0.1, -0.05) is 0 Å². The largest absolute Gasteiger partial charge is 0.326 e. The Morgan fingerprint density at radius 1 is 1.09 bits per heavy atom. The SMILES string of the molecule is CN(C)CCC(=O)Nc1ccc(NC(=O)C2CCNCC2)cc1. The molecule has 2 amide bonds. The number of hydrogen-bond acceptors (Lipinski definition) is 4. The van der Waals surface area contributed by atoms with E-state index in [1.165, 1.54) is 0 Å². The molecule has 3 N–H and O–H groups in total. The van der Waals surface area contributed by atoms with Crippen molar-refractivity contribution in [3.8, 4) is 0 Å². The molecular weight excluding hydrogens is 292 g/mol. The molecule has 1 saturated heterocycles. The first-order valence-electron chi connectivity index (χ1n) is 8.11. The maximum absolute atomic E-state index is 12.2. The number of rotatable bonds is 6. The summed E-state index contributed by atoms with van der Waals surface area (Å²) < 4.78 is 0. The van der Waals surface area contributed by atoms with Crippen molar-refractivity contribution in [1.82, 2.24) is 10.2 Å². The Kier molecular flexibility index (Phi) is 6.55. The molecule has 0 spiro atoms. The number of piperidine rings is 1. The predicted molar refractivity (Wildman–Crippen MR) is 92.5 cm³/mol. The highest BCUT2D eigenvalue weighted by atomic mass is 16.2. The average Bonchev–Trinajstić information content (AvgIpc) is 2.55. The number of carbonyl (C=O) groups excluding carboxylic acids is 2. The van der Waals surface area contributed by atoms with Gasteiger partial charge in [-0.15, -0.1) is 0 Å². The van der Waals surface area contributed by atoms with Crippen LogP contribution in [0.3, 0.4) is 0 Å². The third-order valence-corrected chi connectivity index (χ3v) is 3.93. The summed E-state index contributed by atoms with van der Waals surface area (Å²) in [5, 5.41) is 9.05. The molecule has 0 aromatic heterocycles. The van der Waals surface area contributed by atoms with Gasteiger partial charge < -0.3 is 20.9 Å². The molecule has 0 bridgehead atoms. The Bertz CT molecular complexity index is 522. The van der Waals surface area contributed by atoms with E-state index in [0.29, 0.717) is 6.42 Å². The Hall–Kier alpha value is -1.92. The Labute approximate surface area is 137 Å². The number of benzene rings is 1. The van der Waals surface area contributed by atoms with E-state index in [-0.39, 0.29) is 17.7 Å². The van der Waals surface area contributed by atoms with Crippen LogP contribution in [0.5, 0.6) is 0 Å². The van der Waals surface area contributed by atoms with E-state index in [9.17, 15) is 9.59 Å². The van der Waals surface area contributed by atoms with Gasteiger partial charge in [0.05, 0.1) is 0 Å². The van der Waals surface area contributed by atoms with Crippen molar-refractivity contribution >= 4 is 23.2 Å². The first-order chi connectivity index (χ1) is 11.0. The molecule has 0 radical (unpaired) electrons. The molecule has 1 heterocycles. The average molecular weight is 318 g/mol. The normalized spacial score (nSPS) is 15.4. The molecule has 0 unspecified atom stereocenters. The van der Waals surface area contributed by atoms with Crippen LogP contribution in [-0.2, 0) is 9.59 Å². The number of amides is 2. The Balaban J connectivity index is 1.81. The lowest BCUT2D eigenvalue weighted by atomic mass is 9.97. The zero-order valence-electron chi connectivity index (χ0n) is 13.9. The van der Waals surface area contributed by atoms with Crippen LogP contribution >= 0.6 is 0 Å². The van der Waals surface area contributed by atoms with Gasteiger partial charge >= 0.3 is 0 Å². The first kappa shape index (κ1) is 17.4. The van der Waals surface area contributed by atoms with E-state index in [1.807, 2.05) is 43.3 Å². The monoisotopic (exact) mass is 318 g/mol. The predicted octanol–water partition coefficient (Wildman–Crippen LogP) is 1.51. The van der Waals surface area contributed by atoms with Gasteiger partial charge in [0.1, 0.15) is 0 Å². The van der Waals surface area contributed by atoms with E-state index in [1.54, 1.807) is 0 Å². The van der Waals surface area contributed by atoms with Crippen LogP contribution in [0.2, 0.25) is 0 Å². The fourth-order valence-corrected chi connectivity index (χ4v) is 2.51. The van der Waals surface area contributed by atoms with Gasteiger partial charge in [-0.3, -0.25) is 9.59 Å². The number of nitrogens with zero attached hydrogens (tertiary/aromatic N) is 1. The van der Waals surface area contributed by atoms with E-state index < -0.39 is 0 Å². The Morgan fingerprint density at radius 3 is 2.22 bits per heavy atom. The van der Waals surface area contributed by atoms with Gasteiger partial charge in [0.2, 0.25) is 11.8 Å². The summed E-state index contributed by atoms with van der Waals surface area (Å²) in [6, 6.07) is 7.26. The van der Waals surface area contributed by atoms with Crippen molar-refractivity contribution in [3.63, 3.8) is 0 Å². The van der Waals surface area contributed by atoms with E-state index in [2.05, 4.69) is 16.0 Å². The van der Waals surface area contributed by atoms with Crippen LogP contribution in [-0.4, -0.2) is 50.4 Å². The van der Waals surface area contributed by atoms with Gasteiger partial charge in [0.25, 0.3) is 0 Å². The lowest BCUT2D eigenvalue weighted by molar-refractivity contribution is -0.120. The molecule has 2 rings (SSSR count). The fourth-order valence-electron chi connectivity index (χ4n) is 2.51. The van der Waals surface area contributed by atoms with Crippen molar-refractivity contribution in [1.29, 1.82) is 0 Å². The summed E-state index contributed by atoms with van der Waals surface area (Å²) in [7, 11) is 3.88. The van der Waals surface area contributed by atoms with Gasteiger partial charge in [-0.2, -0.15) is 0 Å². The molecule has 126 valence electrons. The molecule has 0 aliphatic carbocycles. The Morgan fingerprint density at radius 2 is 1.65 bits per heavy atom. The number of anilines is 2. The molecule has 1 aliphatic heterocycles. The highest BCUT2D eigenvalue weighted by Gasteiger charge is 2.20. The van der Waals surface area contributed by atoms with Gasteiger partial charge in [-0.05, 0) is 64.3 Å². The summed E-state index contributed by atoms with van der Waals surface area (Å²) >= 11 is 0. The van der Waals surface area contributed by atoms with Crippen molar-refractivity contribution in [3.05, 3.63) is 24.3 Å². The molecule has 6 nitrogen and oxygen atoms in total.